The molecule has 0 bridgehead atoms. The third-order valence-electron chi connectivity index (χ3n) is 5.21. The van der Waals surface area contributed by atoms with Crippen LogP contribution in [0.1, 0.15) is 30.4 Å². The largest absolute Gasteiger partial charge is 0.325 e. The fourth-order valence-corrected chi connectivity index (χ4v) is 4.30. The number of carbonyl (C=O) groups is 1. The summed E-state index contributed by atoms with van der Waals surface area (Å²) >= 11 is 1.77. The molecule has 1 aliphatic rings. The molecule has 1 fully saturated rings. The van der Waals surface area contributed by atoms with Gasteiger partial charge in [0.15, 0.2) is 0 Å². The summed E-state index contributed by atoms with van der Waals surface area (Å²) < 4.78 is 0. The number of anilines is 1. The SMILES string of the molecule is O=C(Nc1ccc(SCc2cccnc2)cc1)C1(c2ccccc2)CCC1. The van der Waals surface area contributed by atoms with Crippen LogP contribution < -0.4 is 5.32 Å². The molecule has 0 aliphatic heterocycles. The van der Waals surface area contributed by atoms with E-state index in [2.05, 4.69) is 40.6 Å². The van der Waals surface area contributed by atoms with E-state index in [0.29, 0.717) is 0 Å². The van der Waals surface area contributed by atoms with Crippen LogP contribution in [0.5, 0.6) is 0 Å². The summed E-state index contributed by atoms with van der Waals surface area (Å²) in [6.45, 7) is 0. The molecule has 0 atom stereocenters. The maximum atomic E-state index is 13.0. The topological polar surface area (TPSA) is 42.0 Å². The maximum Gasteiger partial charge on any atom is 0.235 e. The summed E-state index contributed by atoms with van der Waals surface area (Å²) in [6, 6.07) is 22.3. The summed E-state index contributed by atoms with van der Waals surface area (Å²) in [6.07, 6.45) is 6.62. The predicted octanol–water partition coefficient (Wildman–Crippen LogP) is 5.43. The highest BCUT2D eigenvalue weighted by Gasteiger charge is 2.45. The number of amides is 1. The number of nitrogens with one attached hydrogen (secondary N) is 1. The molecule has 1 N–H and O–H groups in total. The van der Waals surface area contributed by atoms with E-state index < -0.39 is 0 Å². The first-order valence-corrected chi connectivity index (χ1v) is 10.2. The van der Waals surface area contributed by atoms with Gasteiger partial charge in [0.1, 0.15) is 0 Å². The molecule has 0 saturated heterocycles. The molecule has 1 saturated carbocycles. The van der Waals surface area contributed by atoms with Crippen LogP contribution >= 0.6 is 11.8 Å². The van der Waals surface area contributed by atoms with Crippen molar-refractivity contribution in [2.45, 2.75) is 35.3 Å². The Labute approximate surface area is 164 Å². The first-order valence-electron chi connectivity index (χ1n) is 9.25. The van der Waals surface area contributed by atoms with E-state index in [1.165, 1.54) is 10.5 Å². The number of carbonyl (C=O) groups excluding carboxylic acids is 1. The summed E-state index contributed by atoms with van der Waals surface area (Å²) in [5, 5.41) is 3.13. The smallest absolute Gasteiger partial charge is 0.235 e. The number of benzene rings is 2. The van der Waals surface area contributed by atoms with Crippen LogP contribution in [0.4, 0.5) is 5.69 Å². The van der Waals surface area contributed by atoms with Crippen LogP contribution in [-0.2, 0) is 16.0 Å². The molecular weight excluding hydrogens is 352 g/mol. The molecule has 0 spiro atoms. The second-order valence-corrected chi connectivity index (χ2v) is 7.98. The van der Waals surface area contributed by atoms with Crippen molar-refractivity contribution < 1.29 is 4.79 Å². The van der Waals surface area contributed by atoms with Crippen molar-refractivity contribution >= 4 is 23.4 Å². The molecular formula is C23H22N2OS. The van der Waals surface area contributed by atoms with Crippen LogP contribution in [0.3, 0.4) is 0 Å². The Balaban J connectivity index is 1.40. The molecule has 4 heteroatoms. The number of aromatic nitrogens is 1. The molecule has 136 valence electrons. The molecule has 27 heavy (non-hydrogen) atoms. The minimum absolute atomic E-state index is 0.107. The van der Waals surface area contributed by atoms with Gasteiger partial charge in [-0.3, -0.25) is 9.78 Å². The van der Waals surface area contributed by atoms with E-state index >= 15 is 0 Å². The fourth-order valence-electron chi connectivity index (χ4n) is 3.47. The Kier molecular flexibility index (Phi) is 5.26. The lowest BCUT2D eigenvalue weighted by molar-refractivity contribution is -0.124. The van der Waals surface area contributed by atoms with Gasteiger partial charge in [0.2, 0.25) is 5.91 Å². The Morgan fingerprint density at radius 2 is 1.78 bits per heavy atom. The van der Waals surface area contributed by atoms with E-state index in [4.69, 9.17) is 0 Å². The molecule has 3 aromatic rings. The predicted molar refractivity (Wildman–Crippen MR) is 111 cm³/mol. The quantitative estimate of drug-likeness (QED) is 0.585. The van der Waals surface area contributed by atoms with Gasteiger partial charge >= 0.3 is 0 Å². The lowest BCUT2D eigenvalue weighted by Gasteiger charge is -2.40. The normalized spacial score (nSPS) is 15.0. The monoisotopic (exact) mass is 374 g/mol. The molecule has 1 aliphatic carbocycles. The van der Waals surface area contributed by atoms with Crippen molar-refractivity contribution in [2.75, 3.05) is 5.32 Å². The van der Waals surface area contributed by atoms with Crippen molar-refractivity contribution in [3.05, 3.63) is 90.3 Å². The molecule has 2 aromatic carbocycles. The van der Waals surface area contributed by atoms with Gasteiger partial charge < -0.3 is 5.32 Å². The number of rotatable bonds is 6. The zero-order valence-corrected chi connectivity index (χ0v) is 15.9. The number of hydrogen-bond donors (Lipinski definition) is 1. The second-order valence-electron chi connectivity index (χ2n) is 6.93. The van der Waals surface area contributed by atoms with Gasteiger partial charge in [-0.2, -0.15) is 0 Å². The Morgan fingerprint density at radius 1 is 1.00 bits per heavy atom. The molecule has 4 rings (SSSR count). The highest BCUT2D eigenvalue weighted by molar-refractivity contribution is 7.98. The average molecular weight is 375 g/mol. The lowest BCUT2D eigenvalue weighted by Crippen LogP contribution is -2.45. The highest BCUT2D eigenvalue weighted by Crippen LogP contribution is 2.44. The van der Waals surface area contributed by atoms with Crippen LogP contribution in [0, 0.1) is 0 Å². The minimum Gasteiger partial charge on any atom is -0.325 e. The summed E-state index contributed by atoms with van der Waals surface area (Å²) in [7, 11) is 0. The van der Waals surface area contributed by atoms with Crippen molar-refractivity contribution in [3.63, 3.8) is 0 Å². The molecule has 0 unspecified atom stereocenters. The number of nitrogens with zero attached hydrogens (tertiary/aromatic N) is 1. The van der Waals surface area contributed by atoms with Crippen LogP contribution in [0.2, 0.25) is 0 Å². The van der Waals surface area contributed by atoms with E-state index in [1.807, 2.05) is 42.6 Å². The van der Waals surface area contributed by atoms with Crippen LogP contribution in [0.25, 0.3) is 0 Å². The van der Waals surface area contributed by atoms with Crippen LogP contribution in [0.15, 0.2) is 84.0 Å². The molecule has 1 amide bonds. The van der Waals surface area contributed by atoms with Gasteiger partial charge in [-0.25, -0.2) is 0 Å². The Morgan fingerprint density at radius 3 is 2.41 bits per heavy atom. The zero-order valence-electron chi connectivity index (χ0n) is 15.1. The average Bonchev–Trinajstić information content (AvgIpc) is 2.68. The summed E-state index contributed by atoms with van der Waals surface area (Å²) in [4.78, 5) is 18.3. The minimum atomic E-state index is -0.366. The van der Waals surface area contributed by atoms with Crippen LogP contribution in [-0.4, -0.2) is 10.9 Å². The van der Waals surface area contributed by atoms with Crippen molar-refractivity contribution in [1.29, 1.82) is 0 Å². The maximum absolute atomic E-state index is 13.0. The second kappa shape index (κ2) is 7.97. The van der Waals surface area contributed by atoms with Gasteiger partial charge in [-0.05, 0) is 54.3 Å². The molecule has 1 heterocycles. The highest BCUT2D eigenvalue weighted by atomic mass is 32.2. The van der Waals surface area contributed by atoms with E-state index in [0.717, 1.165) is 36.3 Å². The Hall–Kier alpha value is -2.59. The van der Waals surface area contributed by atoms with Gasteiger partial charge in [0.05, 0.1) is 5.41 Å². The molecule has 3 nitrogen and oxygen atoms in total. The number of thioether (sulfide) groups is 1. The fraction of sp³-hybridized carbons (Fsp3) is 0.217. The van der Waals surface area contributed by atoms with E-state index in [9.17, 15) is 4.79 Å². The van der Waals surface area contributed by atoms with Crippen molar-refractivity contribution in [1.82, 2.24) is 4.98 Å². The molecule has 1 aromatic heterocycles. The van der Waals surface area contributed by atoms with Gasteiger partial charge in [0.25, 0.3) is 0 Å². The molecule has 0 radical (unpaired) electrons. The van der Waals surface area contributed by atoms with Crippen molar-refractivity contribution in [2.24, 2.45) is 0 Å². The first kappa shape index (κ1) is 17.8. The Bertz CT molecular complexity index is 891. The lowest BCUT2D eigenvalue weighted by atomic mass is 9.64. The third kappa shape index (κ3) is 3.91. The van der Waals surface area contributed by atoms with E-state index in [-0.39, 0.29) is 11.3 Å². The zero-order chi connectivity index (χ0) is 18.5. The first-order chi connectivity index (χ1) is 13.3. The van der Waals surface area contributed by atoms with Gasteiger partial charge in [-0.1, -0.05) is 42.8 Å². The van der Waals surface area contributed by atoms with Crippen molar-refractivity contribution in [3.8, 4) is 0 Å². The number of pyridine rings is 1. The summed E-state index contributed by atoms with van der Waals surface area (Å²) in [5.41, 5.74) is 2.81. The van der Waals surface area contributed by atoms with Gasteiger partial charge in [-0.15, -0.1) is 11.8 Å². The van der Waals surface area contributed by atoms with E-state index in [1.54, 1.807) is 18.0 Å². The summed E-state index contributed by atoms with van der Waals surface area (Å²) in [5.74, 6) is 0.993. The number of hydrogen-bond acceptors (Lipinski definition) is 3. The third-order valence-corrected chi connectivity index (χ3v) is 6.29. The standard InChI is InChI=1S/C23H22N2OS/c26-22(23(13-5-14-23)19-7-2-1-3-8-19)25-20-9-11-21(12-10-20)27-17-18-6-4-15-24-16-18/h1-4,6-12,15-16H,5,13-14,17H2,(H,25,26). The van der Waals surface area contributed by atoms with Gasteiger partial charge in [0, 0.05) is 28.7 Å².